The molecule has 1 amide bonds. The summed E-state index contributed by atoms with van der Waals surface area (Å²) in [5.74, 6) is 0.106. The molecule has 1 heterocycles. The largest absolute Gasteiger partial charge is 0.381 e. The minimum absolute atomic E-state index is 0.106. The second-order valence-corrected chi connectivity index (χ2v) is 5.94. The van der Waals surface area contributed by atoms with Crippen LogP contribution < -0.4 is 5.32 Å². The van der Waals surface area contributed by atoms with E-state index in [1.165, 1.54) is 10.9 Å². The van der Waals surface area contributed by atoms with Gasteiger partial charge < -0.3 is 15.2 Å². The fraction of sp³-hybridized carbons (Fsp3) is 0.250. The van der Waals surface area contributed by atoms with Crippen LogP contribution in [0.5, 0.6) is 0 Å². The lowest BCUT2D eigenvalue weighted by molar-refractivity contribution is -0.129. The Kier molecular flexibility index (Phi) is 4.85. The molecule has 124 valence electrons. The first kappa shape index (κ1) is 16.1. The second-order valence-electron chi connectivity index (χ2n) is 5.94. The van der Waals surface area contributed by atoms with Gasteiger partial charge in [0.15, 0.2) is 0 Å². The van der Waals surface area contributed by atoms with Crippen LogP contribution in [0, 0.1) is 0 Å². The Morgan fingerprint density at radius 3 is 2.79 bits per heavy atom. The maximum absolute atomic E-state index is 11.6. The molecule has 0 saturated carbocycles. The van der Waals surface area contributed by atoms with Gasteiger partial charge in [0.1, 0.15) is 0 Å². The number of H-pyrrole nitrogens is 1. The van der Waals surface area contributed by atoms with E-state index in [0.717, 1.165) is 29.9 Å². The van der Waals surface area contributed by atoms with Gasteiger partial charge in [-0.2, -0.15) is 0 Å². The van der Waals surface area contributed by atoms with Crippen LogP contribution in [0.3, 0.4) is 0 Å². The zero-order valence-electron chi connectivity index (χ0n) is 14.2. The van der Waals surface area contributed by atoms with Gasteiger partial charge in [0.2, 0.25) is 5.91 Å². The van der Waals surface area contributed by atoms with Crippen molar-refractivity contribution in [1.29, 1.82) is 0 Å². The molecule has 0 fully saturated rings. The minimum Gasteiger partial charge on any atom is -0.381 e. The van der Waals surface area contributed by atoms with Crippen molar-refractivity contribution in [1.82, 2.24) is 9.88 Å². The van der Waals surface area contributed by atoms with E-state index >= 15 is 0 Å². The highest BCUT2D eigenvalue weighted by Gasteiger charge is 2.07. The van der Waals surface area contributed by atoms with E-state index in [2.05, 4.69) is 52.8 Å². The number of hydrogen-bond acceptors (Lipinski definition) is 2. The molecular formula is C20H23N3O. The molecule has 2 aromatic carbocycles. The van der Waals surface area contributed by atoms with E-state index in [1.807, 2.05) is 24.1 Å². The number of benzene rings is 2. The van der Waals surface area contributed by atoms with Crippen LogP contribution in [0.2, 0.25) is 0 Å². The minimum atomic E-state index is 0.106. The summed E-state index contributed by atoms with van der Waals surface area (Å²) in [6.07, 6.45) is 1.97. The van der Waals surface area contributed by atoms with E-state index in [1.54, 1.807) is 6.92 Å². The van der Waals surface area contributed by atoms with E-state index < -0.39 is 0 Å². The van der Waals surface area contributed by atoms with Crippen LogP contribution in [0.15, 0.2) is 54.7 Å². The molecule has 0 bridgehead atoms. The van der Waals surface area contributed by atoms with Crippen molar-refractivity contribution < 1.29 is 4.79 Å². The fourth-order valence-corrected chi connectivity index (χ4v) is 2.95. The maximum Gasteiger partial charge on any atom is 0.219 e. The third-order valence-corrected chi connectivity index (χ3v) is 4.30. The summed E-state index contributed by atoms with van der Waals surface area (Å²) in [6, 6.07) is 16.7. The van der Waals surface area contributed by atoms with Gasteiger partial charge in [0.25, 0.3) is 0 Å². The number of aromatic nitrogens is 1. The second kappa shape index (κ2) is 7.21. The maximum atomic E-state index is 11.6. The zero-order chi connectivity index (χ0) is 16.9. The van der Waals surface area contributed by atoms with Crippen molar-refractivity contribution >= 4 is 22.5 Å². The van der Waals surface area contributed by atoms with Gasteiger partial charge in [0, 0.05) is 49.3 Å². The number of nitrogens with zero attached hydrogens (tertiary/aromatic N) is 1. The third-order valence-electron chi connectivity index (χ3n) is 4.30. The molecule has 2 N–H and O–H groups in total. The quantitative estimate of drug-likeness (QED) is 0.716. The number of fused-ring (bicyclic) bond motifs is 1. The highest BCUT2D eigenvalue weighted by molar-refractivity contribution is 5.83. The number of rotatable bonds is 6. The number of amides is 1. The highest BCUT2D eigenvalue weighted by Crippen LogP contribution is 2.19. The Bertz CT molecular complexity index is 838. The van der Waals surface area contributed by atoms with Gasteiger partial charge >= 0.3 is 0 Å². The fourth-order valence-electron chi connectivity index (χ4n) is 2.95. The number of hydrogen-bond donors (Lipinski definition) is 2. The van der Waals surface area contributed by atoms with E-state index in [9.17, 15) is 4.79 Å². The summed E-state index contributed by atoms with van der Waals surface area (Å²) >= 11 is 0. The van der Waals surface area contributed by atoms with Gasteiger partial charge in [-0.15, -0.1) is 0 Å². The zero-order valence-corrected chi connectivity index (χ0v) is 14.2. The van der Waals surface area contributed by atoms with Crippen LogP contribution in [-0.2, 0) is 17.9 Å². The molecule has 0 saturated heterocycles. The molecule has 4 nitrogen and oxygen atoms in total. The molecule has 24 heavy (non-hydrogen) atoms. The van der Waals surface area contributed by atoms with Gasteiger partial charge in [0.05, 0.1) is 0 Å². The smallest absolute Gasteiger partial charge is 0.219 e. The molecule has 0 unspecified atom stereocenters. The van der Waals surface area contributed by atoms with Crippen LogP contribution in [0.4, 0.5) is 5.69 Å². The number of anilines is 1. The molecule has 3 aromatic rings. The van der Waals surface area contributed by atoms with Crippen molar-refractivity contribution in [2.45, 2.75) is 26.9 Å². The molecule has 0 spiro atoms. The topological polar surface area (TPSA) is 48.1 Å². The molecule has 0 radical (unpaired) electrons. The Hall–Kier alpha value is -2.75. The van der Waals surface area contributed by atoms with Crippen LogP contribution >= 0.6 is 0 Å². The average Bonchev–Trinajstić information content (AvgIpc) is 3.07. The Balaban J connectivity index is 1.71. The summed E-state index contributed by atoms with van der Waals surface area (Å²) in [5.41, 5.74) is 4.62. The highest BCUT2D eigenvalue weighted by atomic mass is 16.2. The number of carbonyl (C=O) groups is 1. The van der Waals surface area contributed by atoms with Crippen LogP contribution in [0.25, 0.3) is 10.9 Å². The van der Waals surface area contributed by atoms with Crippen molar-refractivity contribution in [3.63, 3.8) is 0 Å². The molecule has 3 rings (SSSR count). The predicted octanol–water partition coefficient (Wildman–Crippen LogP) is 4.15. The number of nitrogens with one attached hydrogen (secondary N) is 2. The van der Waals surface area contributed by atoms with E-state index in [0.29, 0.717) is 6.54 Å². The number of aromatic amines is 1. The summed E-state index contributed by atoms with van der Waals surface area (Å²) in [5, 5.41) is 4.73. The van der Waals surface area contributed by atoms with Crippen molar-refractivity contribution in [3.8, 4) is 0 Å². The summed E-state index contributed by atoms with van der Waals surface area (Å²) in [7, 11) is 0. The molecule has 4 heteroatoms. The summed E-state index contributed by atoms with van der Waals surface area (Å²) in [4.78, 5) is 16.7. The molecule has 0 aliphatic carbocycles. The van der Waals surface area contributed by atoms with Crippen molar-refractivity contribution in [2.24, 2.45) is 0 Å². The normalized spacial score (nSPS) is 10.8. The molecule has 0 aliphatic rings. The Labute approximate surface area is 142 Å². The van der Waals surface area contributed by atoms with Gasteiger partial charge in [-0.25, -0.2) is 0 Å². The molecule has 1 aromatic heterocycles. The monoisotopic (exact) mass is 321 g/mol. The van der Waals surface area contributed by atoms with Gasteiger partial charge in [-0.05, 0) is 42.3 Å². The van der Waals surface area contributed by atoms with E-state index in [4.69, 9.17) is 0 Å². The first-order valence-corrected chi connectivity index (χ1v) is 8.30. The van der Waals surface area contributed by atoms with Crippen molar-refractivity contribution in [3.05, 3.63) is 65.9 Å². The first-order valence-electron chi connectivity index (χ1n) is 8.30. The van der Waals surface area contributed by atoms with Crippen LogP contribution in [-0.4, -0.2) is 22.3 Å². The lowest BCUT2D eigenvalue weighted by Crippen LogP contribution is -2.27. The summed E-state index contributed by atoms with van der Waals surface area (Å²) < 4.78 is 0. The third kappa shape index (κ3) is 3.59. The SMILES string of the molecule is CCN(Cc1cccc(NCc2cccc3[nH]ccc23)c1)C(C)=O. The van der Waals surface area contributed by atoms with Gasteiger partial charge in [-0.1, -0.05) is 24.3 Å². The van der Waals surface area contributed by atoms with Crippen molar-refractivity contribution in [2.75, 3.05) is 11.9 Å². The molecule has 0 atom stereocenters. The standard InChI is InChI=1S/C20H23N3O/c1-3-23(15(2)24)14-16-6-4-8-18(12-16)22-13-17-7-5-9-20-19(17)10-11-21-20/h4-12,21-22H,3,13-14H2,1-2H3. The van der Waals surface area contributed by atoms with Crippen LogP contribution in [0.1, 0.15) is 25.0 Å². The lowest BCUT2D eigenvalue weighted by atomic mass is 10.1. The number of carbonyl (C=O) groups excluding carboxylic acids is 1. The predicted molar refractivity (Wildman–Crippen MR) is 98.8 cm³/mol. The molecular weight excluding hydrogens is 298 g/mol. The Morgan fingerprint density at radius 1 is 1.17 bits per heavy atom. The molecule has 0 aliphatic heterocycles. The van der Waals surface area contributed by atoms with Gasteiger partial charge in [-0.3, -0.25) is 4.79 Å². The Morgan fingerprint density at radius 2 is 2.00 bits per heavy atom. The lowest BCUT2D eigenvalue weighted by Gasteiger charge is -2.19. The first-order chi connectivity index (χ1) is 11.7. The van der Waals surface area contributed by atoms with E-state index in [-0.39, 0.29) is 5.91 Å². The average molecular weight is 321 g/mol. The summed E-state index contributed by atoms with van der Waals surface area (Å²) in [6.45, 7) is 5.75.